The summed E-state index contributed by atoms with van der Waals surface area (Å²) in [5.74, 6) is -0.347. The van der Waals surface area contributed by atoms with Gasteiger partial charge in [0.1, 0.15) is 10.8 Å². The van der Waals surface area contributed by atoms with Crippen molar-refractivity contribution in [3.63, 3.8) is 0 Å². The van der Waals surface area contributed by atoms with Crippen molar-refractivity contribution in [3.8, 4) is 6.07 Å². The van der Waals surface area contributed by atoms with Crippen LogP contribution in [-0.2, 0) is 0 Å². The van der Waals surface area contributed by atoms with Crippen molar-refractivity contribution in [2.45, 2.75) is 19.4 Å². The first kappa shape index (κ1) is 13.8. The van der Waals surface area contributed by atoms with E-state index in [1.807, 2.05) is 6.07 Å². The van der Waals surface area contributed by atoms with Gasteiger partial charge < -0.3 is 4.90 Å². The second-order valence-corrected chi connectivity index (χ2v) is 4.39. The third kappa shape index (κ3) is 3.32. The van der Waals surface area contributed by atoms with Gasteiger partial charge in [-0.2, -0.15) is 5.26 Å². The fourth-order valence-corrected chi connectivity index (χ4v) is 1.54. The highest BCUT2D eigenvalue weighted by atomic mass is 35.5. The average molecular weight is 272 g/mol. The predicted octanol–water partition coefficient (Wildman–Crippen LogP) is 2.76. The molecule has 4 nitrogen and oxygen atoms in total. The molecule has 1 amide bonds. The van der Waals surface area contributed by atoms with Crippen molar-refractivity contribution in [1.82, 2.24) is 9.88 Å². The molecule has 0 saturated heterocycles. The summed E-state index contributed by atoms with van der Waals surface area (Å²) in [6.07, 6.45) is 0.250. The molecule has 90 valence electrons. The lowest BCUT2D eigenvalue weighted by molar-refractivity contribution is 0.0740. The molecule has 1 aromatic rings. The van der Waals surface area contributed by atoms with E-state index < -0.39 is 0 Å². The van der Waals surface area contributed by atoms with E-state index in [2.05, 4.69) is 4.98 Å². The lowest BCUT2D eigenvalue weighted by Gasteiger charge is -2.22. The number of amides is 1. The maximum absolute atomic E-state index is 12.0. The van der Waals surface area contributed by atoms with Crippen molar-refractivity contribution in [2.75, 3.05) is 7.05 Å². The van der Waals surface area contributed by atoms with Crippen LogP contribution in [0.4, 0.5) is 0 Å². The molecular weight excluding hydrogens is 261 g/mol. The predicted molar refractivity (Wildman–Crippen MR) is 66.0 cm³/mol. The molecule has 1 rings (SSSR count). The Kier molecular flexibility index (Phi) is 4.73. The molecule has 1 heterocycles. The van der Waals surface area contributed by atoms with Crippen LogP contribution in [0.3, 0.4) is 0 Å². The standard InChI is InChI=1S/C11H11Cl2N3O/c1-7(5-6-14)16(2)11(17)10-8(12)3-4-9(13)15-10/h3-4,7H,5H2,1-2H3/t7-/m0/s1. The topological polar surface area (TPSA) is 57.0 Å². The summed E-state index contributed by atoms with van der Waals surface area (Å²) in [6.45, 7) is 1.78. The number of rotatable bonds is 3. The van der Waals surface area contributed by atoms with Gasteiger partial charge in [0.15, 0.2) is 0 Å². The van der Waals surface area contributed by atoms with E-state index in [1.165, 1.54) is 17.0 Å². The molecular formula is C11H11Cl2N3O. The van der Waals surface area contributed by atoms with E-state index in [1.54, 1.807) is 14.0 Å². The Balaban J connectivity index is 2.96. The molecule has 17 heavy (non-hydrogen) atoms. The zero-order valence-corrected chi connectivity index (χ0v) is 11.0. The van der Waals surface area contributed by atoms with Crippen LogP contribution < -0.4 is 0 Å². The Morgan fingerprint density at radius 2 is 2.24 bits per heavy atom. The maximum Gasteiger partial charge on any atom is 0.274 e. The summed E-state index contributed by atoms with van der Waals surface area (Å²) in [4.78, 5) is 17.4. The van der Waals surface area contributed by atoms with Gasteiger partial charge in [-0.15, -0.1) is 0 Å². The van der Waals surface area contributed by atoms with Gasteiger partial charge in [-0.05, 0) is 19.1 Å². The molecule has 0 unspecified atom stereocenters. The SMILES string of the molecule is C[C@@H](CC#N)N(C)C(=O)c1nc(Cl)ccc1Cl. The number of nitrogens with zero attached hydrogens (tertiary/aromatic N) is 3. The molecule has 1 aromatic heterocycles. The average Bonchev–Trinajstić information content (AvgIpc) is 2.30. The second kappa shape index (κ2) is 5.85. The molecule has 0 N–H and O–H groups in total. The first-order valence-corrected chi connectivity index (χ1v) is 5.69. The number of halogens is 2. The molecule has 0 saturated carbocycles. The minimum Gasteiger partial charge on any atom is -0.337 e. The molecule has 6 heteroatoms. The summed E-state index contributed by atoms with van der Waals surface area (Å²) in [5, 5.41) is 9.04. The highest BCUT2D eigenvalue weighted by molar-refractivity contribution is 6.34. The zero-order valence-electron chi connectivity index (χ0n) is 9.44. The van der Waals surface area contributed by atoms with Crippen LogP contribution in [0.5, 0.6) is 0 Å². The fraction of sp³-hybridized carbons (Fsp3) is 0.364. The lowest BCUT2D eigenvalue weighted by Crippen LogP contribution is -2.35. The maximum atomic E-state index is 12.0. The molecule has 0 aliphatic heterocycles. The minimum atomic E-state index is -0.347. The largest absolute Gasteiger partial charge is 0.337 e. The quantitative estimate of drug-likeness (QED) is 0.795. The Morgan fingerprint density at radius 1 is 1.59 bits per heavy atom. The van der Waals surface area contributed by atoms with Crippen LogP contribution in [-0.4, -0.2) is 28.9 Å². The molecule has 0 aromatic carbocycles. The van der Waals surface area contributed by atoms with Crippen LogP contribution in [0.25, 0.3) is 0 Å². The van der Waals surface area contributed by atoms with Crippen LogP contribution in [0.2, 0.25) is 10.2 Å². The molecule has 0 bridgehead atoms. The van der Waals surface area contributed by atoms with Gasteiger partial charge in [0.25, 0.3) is 5.91 Å². The second-order valence-electron chi connectivity index (χ2n) is 3.59. The fourth-order valence-electron chi connectivity index (χ4n) is 1.20. The molecule has 1 atom stereocenters. The van der Waals surface area contributed by atoms with Crippen LogP contribution >= 0.6 is 23.2 Å². The van der Waals surface area contributed by atoms with Crippen molar-refractivity contribution in [2.24, 2.45) is 0 Å². The Bertz CT molecular complexity index is 470. The Morgan fingerprint density at radius 3 is 2.82 bits per heavy atom. The van der Waals surface area contributed by atoms with Crippen molar-refractivity contribution < 1.29 is 4.79 Å². The number of pyridine rings is 1. The summed E-state index contributed by atoms with van der Waals surface area (Å²) in [7, 11) is 1.60. The smallest absolute Gasteiger partial charge is 0.274 e. The summed E-state index contributed by atoms with van der Waals surface area (Å²) < 4.78 is 0. The van der Waals surface area contributed by atoms with Gasteiger partial charge in [0, 0.05) is 13.1 Å². The molecule has 0 aliphatic carbocycles. The lowest BCUT2D eigenvalue weighted by atomic mass is 10.2. The number of hydrogen-bond acceptors (Lipinski definition) is 3. The van der Waals surface area contributed by atoms with Gasteiger partial charge in [-0.25, -0.2) is 4.98 Å². The number of hydrogen-bond donors (Lipinski definition) is 0. The molecule has 0 aliphatic rings. The van der Waals surface area contributed by atoms with E-state index in [0.29, 0.717) is 0 Å². The Labute approximate surface area is 110 Å². The molecule has 0 fully saturated rings. The summed E-state index contributed by atoms with van der Waals surface area (Å²) in [6, 6.07) is 4.84. The van der Waals surface area contributed by atoms with E-state index in [4.69, 9.17) is 28.5 Å². The molecule has 0 spiro atoms. The van der Waals surface area contributed by atoms with Crippen LogP contribution in [0.15, 0.2) is 12.1 Å². The van der Waals surface area contributed by atoms with E-state index in [-0.39, 0.29) is 34.2 Å². The van der Waals surface area contributed by atoms with E-state index in [0.717, 1.165) is 0 Å². The van der Waals surface area contributed by atoms with Gasteiger partial charge in [0.05, 0.1) is 17.5 Å². The van der Waals surface area contributed by atoms with Gasteiger partial charge in [-0.1, -0.05) is 23.2 Å². The van der Waals surface area contributed by atoms with Crippen LogP contribution in [0, 0.1) is 11.3 Å². The first-order chi connectivity index (χ1) is 7.97. The number of carbonyl (C=O) groups excluding carboxylic acids is 1. The third-order valence-corrected chi connectivity index (χ3v) is 2.90. The van der Waals surface area contributed by atoms with E-state index in [9.17, 15) is 4.79 Å². The highest BCUT2D eigenvalue weighted by Crippen LogP contribution is 2.19. The molecule has 0 radical (unpaired) electrons. The van der Waals surface area contributed by atoms with Crippen LogP contribution in [0.1, 0.15) is 23.8 Å². The Hall–Kier alpha value is -1.31. The third-order valence-electron chi connectivity index (χ3n) is 2.38. The minimum absolute atomic E-state index is 0.103. The van der Waals surface area contributed by atoms with Gasteiger partial charge in [0.2, 0.25) is 0 Å². The monoisotopic (exact) mass is 271 g/mol. The zero-order chi connectivity index (χ0) is 13.0. The summed E-state index contributed by atoms with van der Waals surface area (Å²) >= 11 is 11.6. The first-order valence-electron chi connectivity index (χ1n) is 4.93. The van der Waals surface area contributed by atoms with Gasteiger partial charge >= 0.3 is 0 Å². The normalized spacial score (nSPS) is 11.7. The number of carbonyl (C=O) groups is 1. The van der Waals surface area contributed by atoms with Crippen molar-refractivity contribution in [1.29, 1.82) is 5.26 Å². The van der Waals surface area contributed by atoms with E-state index >= 15 is 0 Å². The number of nitriles is 1. The number of aromatic nitrogens is 1. The van der Waals surface area contributed by atoms with Crippen molar-refractivity contribution >= 4 is 29.1 Å². The van der Waals surface area contributed by atoms with Crippen molar-refractivity contribution in [3.05, 3.63) is 28.0 Å². The summed E-state index contributed by atoms with van der Waals surface area (Å²) in [5.41, 5.74) is 0.103. The van der Waals surface area contributed by atoms with Gasteiger partial charge in [-0.3, -0.25) is 4.79 Å². The highest BCUT2D eigenvalue weighted by Gasteiger charge is 2.21.